The minimum Gasteiger partial charge on any atom is -0.481 e. The van der Waals surface area contributed by atoms with Crippen LogP contribution in [-0.2, 0) is 9.53 Å². The van der Waals surface area contributed by atoms with Gasteiger partial charge in [-0.25, -0.2) is 0 Å². The van der Waals surface area contributed by atoms with Gasteiger partial charge in [-0.1, -0.05) is 0 Å². The Balaban J connectivity index is 2.53. The molecule has 76 valence electrons. The van der Waals surface area contributed by atoms with Gasteiger partial charge in [-0.3, -0.25) is 4.79 Å². The number of aliphatic carboxylic acids is 1. The van der Waals surface area contributed by atoms with Crippen molar-refractivity contribution in [1.82, 2.24) is 0 Å². The maximum Gasteiger partial charge on any atom is 0.306 e. The fraction of sp³-hybridized carbons (Fsp3) is 0.857. The number of carboxylic acid groups (broad SMARTS) is 1. The lowest BCUT2D eigenvalue weighted by Gasteiger charge is -2.34. The molecule has 0 spiro atoms. The van der Waals surface area contributed by atoms with Gasteiger partial charge in [-0.15, -0.1) is 0 Å². The maximum absolute atomic E-state index is 10.3. The van der Waals surface area contributed by atoms with E-state index in [1.165, 1.54) is 0 Å². The third-order valence-corrected chi connectivity index (χ3v) is 1.98. The molecular weight excluding hydrogens is 180 g/mol. The Bertz CT molecular complexity index is 193. The van der Waals surface area contributed by atoms with Gasteiger partial charge in [0.15, 0.2) is 0 Å². The molecule has 1 heterocycles. The van der Waals surface area contributed by atoms with E-state index in [4.69, 9.17) is 20.1 Å². The Morgan fingerprint density at radius 2 is 1.92 bits per heavy atom. The number of aliphatic hydroxyl groups is 3. The summed E-state index contributed by atoms with van der Waals surface area (Å²) in [5.41, 5.74) is 0. The van der Waals surface area contributed by atoms with Gasteiger partial charge in [0.05, 0.1) is 19.1 Å². The molecule has 6 nitrogen and oxygen atoms in total. The number of carboxylic acids is 1. The third kappa shape index (κ3) is 2.38. The zero-order valence-electron chi connectivity index (χ0n) is 6.83. The van der Waals surface area contributed by atoms with Crippen molar-refractivity contribution < 1.29 is 30.0 Å². The first-order valence-electron chi connectivity index (χ1n) is 3.90. The Labute approximate surface area is 74.4 Å². The highest BCUT2D eigenvalue weighted by molar-refractivity contribution is 5.67. The standard InChI is InChI=1S/C7H12O6/c8-3-2-13-4(1-5(9)10)7(12)6(3)11/h3-4,6-8,11-12H,1-2H2,(H,9,10)/t3-,4?,6+,7+/m1/s1. The van der Waals surface area contributed by atoms with Crippen LogP contribution in [0.2, 0.25) is 0 Å². The number of hydrogen-bond acceptors (Lipinski definition) is 5. The zero-order chi connectivity index (χ0) is 10.0. The van der Waals surface area contributed by atoms with E-state index in [2.05, 4.69) is 0 Å². The molecule has 0 amide bonds. The first-order chi connectivity index (χ1) is 6.02. The molecule has 1 rings (SSSR count). The van der Waals surface area contributed by atoms with E-state index in [0.29, 0.717) is 0 Å². The van der Waals surface area contributed by atoms with Crippen LogP contribution in [0.3, 0.4) is 0 Å². The number of rotatable bonds is 2. The van der Waals surface area contributed by atoms with Crippen LogP contribution in [0.4, 0.5) is 0 Å². The minimum absolute atomic E-state index is 0.157. The van der Waals surface area contributed by atoms with Gasteiger partial charge >= 0.3 is 5.97 Å². The van der Waals surface area contributed by atoms with Gasteiger partial charge in [0.1, 0.15) is 18.3 Å². The quantitative estimate of drug-likeness (QED) is 0.401. The van der Waals surface area contributed by atoms with Crippen molar-refractivity contribution in [2.75, 3.05) is 6.61 Å². The molecule has 4 N–H and O–H groups in total. The number of aliphatic hydroxyl groups excluding tert-OH is 3. The number of hydrogen-bond donors (Lipinski definition) is 4. The smallest absolute Gasteiger partial charge is 0.306 e. The molecular formula is C7H12O6. The lowest BCUT2D eigenvalue weighted by Crippen LogP contribution is -2.53. The summed E-state index contributed by atoms with van der Waals surface area (Å²) >= 11 is 0. The van der Waals surface area contributed by atoms with E-state index < -0.39 is 30.4 Å². The lowest BCUT2D eigenvalue weighted by molar-refractivity contribution is -0.192. The highest BCUT2D eigenvalue weighted by atomic mass is 16.5. The third-order valence-electron chi connectivity index (χ3n) is 1.98. The van der Waals surface area contributed by atoms with E-state index in [1.807, 2.05) is 0 Å². The fourth-order valence-corrected chi connectivity index (χ4v) is 1.22. The fourth-order valence-electron chi connectivity index (χ4n) is 1.22. The van der Waals surface area contributed by atoms with Crippen LogP contribution in [0.5, 0.6) is 0 Å². The van der Waals surface area contributed by atoms with Crippen LogP contribution in [0.15, 0.2) is 0 Å². The molecule has 0 aromatic carbocycles. The van der Waals surface area contributed by atoms with Crippen LogP contribution in [0.1, 0.15) is 6.42 Å². The molecule has 0 bridgehead atoms. The van der Waals surface area contributed by atoms with Crippen LogP contribution in [0.25, 0.3) is 0 Å². The summed E-state index contributed by atoms with van der Waals surface area (Å²) < 4.78 is 4.84. The number of ether oxygens (including phenoxy) is 1. The number of carbonyl (C=O) groups is 1. The monoisotopic (exact) mass is 192 g/mol. The summed E-state index contributed by atoms with van der Waals surface area (Å²) in [5, 5.41) is 35.8. The lowest BCUT2D eigenvalue weighted by atomic mass is 9.98. The Kier molecular flexibility index (Phi) is 3.21. The highest BCUT2D eigenvalue weighted by Gasteiger charge is 2.38. The summed E-state index contributed by atoms with van der Waals surface area (Å²) in [7, 11) is 0. The molecule has 1 fully saturated rings. The van der Waals surface area contributed by atoms with Gasteiger partial charge in [0.2, 0.25) is 0 Å². The van der Waals surface area contributed by atoms with Gasteiger partial charge < -0.3 is 25.2 Å². The van der Waals surface area contributed by atoms with Gasteiger partial charge in [-0.2, -0.15) is 0 Å². The second-order valence-electron chi connectivity index (χ2n) is 3.02. The maximum atomic E-state index is 10.3. The van der Waals surface area contributed by atoms with Crippen molar-refractivity contribution in [2.45, 2.75) is 30.8 Å². The molecule has 4 atom stereocenters. The Morgan fingerprint density at radius 3 is 2.46 bits per heavy atom. The molecule has 1 aliphatic heterocycles. The average molecular weight is 192 g/mol. The molecule has 0 aromatic heterocycles. The van der Waals surface area contributed by atoms with E-state index in [1.54, 1.807) is 0 Å². The van der Waals surface area contributed by atoms with Crippen LogP contribution in [0, 0.1) is 0 Å². The van der Waals surface area contributed by atoms with Crippen molar-refractivity contribution in [2.24, 2.45) is 0 Å². The summed E-state index contributed by atoms with van der Waals surface area (Å²) in [6.45, 7) is -0.157. The first-order valence-corrected chi connectivity index (χ1v) is 3.90. The minimum atomic E-state index is -1.35. The molecule has 1 unspecified atom stereocenters. The molecule has 13 heavy (non-hydrogen) atoms. The van der Waals surface area contributed by atoms with Crippen LogP contribution in [-0.4, -0.2) is 57.4 Å². The molecule has 0 saturated carbocycles. The Hall–Kier alpha value is -0.690. The summed E-state index contributed by atoms with van der Waals surface area (Å²) in [5.74, 6) is -1.12. The van der Waals surface area contributed by atoms with E-state index in [9.17, 15) is 9.90 Å². The van der Waals surface area contributed by atoms with Crippen molar-refractivity contribution in [3.05, 3.63) is 0 Å². The van der Waals surface area contributed by atoms with Crippen molar-refractivity contribution in [3.8, 4) is 0 Å². The summed E-state index contributed by atoms with van der Waals surface area (Å²) in [6.07, 6.45) is -5.17. The van der Waals surface area contributed by atoms with Gasteiger partial charge in [0.25, 0.3) is 0 Å². The largest absolute Gasteiger partial charge is 0.481 e. The average Bonchev–Trinajstić information content (AvgIpc) is 2.06. The van der Waals surface area contributed by atoms with Crippen molar-refractivity contribution >= 4 is 5.97 Å². The van der Waals surface area contributed by atoms with Crippen molar-refractivity contribution in [3.63, 3.8) is 0 Å². The molecule has 0 aliphatic carbocycles. The van der Waals surface area contributed by atoms with Crippen LogP contribution < -0.4 is 0 Å². The van der Waals surface area contributed by atoms with E-state index in [0.717, 1.165) is 0 Å². The Morgan fingerprint density at radius 1 is 1.31 bits per heavy atom. The normalized spacial score (nSPS) is 40.2. The molecule has 1 aliphatic rings. The molecule has 1 saturated heterocycles. The van der Waals surface area contributed by atoms with Crippen LogP contribution >= 0.6 is 0 Å². The molecule has 0 aromatic rings. The summed E-state index contributed by atoms with van der Waals surface area (Å²) in [6, 6.07) is 0. The topological polar surface area (TPSA) is 107 Å². The van der Waals surface area contributed by atoms with E-state index >= 15 is 0 Å². The summed E-state index contributed by atoms with van der Waals surface area (Å²) in [4.78, 5) is 10.3. The van der Waals surface area contributed by atoms with Gasteiger partial charge in [-0.05, 0) is 0 Å². The second-order valence-corrected chi connectivity index (χ2v) is 3.02. The predicted octanol–water partition coefficient (Wildman–Crippen LogP) is -2.06. The van der Waals surface area contributed by atoms with E-state index in [-0.39, 0.29) is 13.0 Å². The van der Waals surface area contributed by atoms with Gasteiger partial charge in [0, 0.05) is 0 Å². The zero-order valence-corrected chi connectivity index (χ0v) is 6.83. The molecule has 0 radical (unpaired) electrons. The SMILES string of the molecule is O=C(O)CC1OC[C@@H](O)[C@H](O)[C@H]1O. The first kappa shape index (κ1) is 10.4. The van der Waals surface area contributed by atoms with Crippen molar-refractivity contribution in [1.29, 1.82) is 0 Å². The predicted molar refractivity (Wildman–Crippen MR) is 40.0 cm³/mol. The highest BCUT2D eigenvalue weighted by Crippen LogP contribution is 2.17. The second kappa shape index (κ2) is 4.01. The molecule has 6 heteroatoms.